The fraction of sp³-hybridized carbons (Fsp3) is 0.227. The lowest BCUT2D eigenvalue weighted by atomic mass is 10.0. The summed E-state index contributed by atoms with van der Waals surface area (Å²) in [5, 5.41) is 0. The molecule has 4 aromatic rings. The van der Waals surface area contributed by atoms with Gasteiger partial charge >= 0.3 is 0 Å². The molecule has 3 heterocycles. The first kappa shape index (κ1) is 16.9. The summed E-state index contributed by atoms with van der Waals surface area (Å²) in [5.41, 5.74) is 3.34. The van der Waals surface area contributed by atoms with Crippen LogP contribution in [0.4, 0.5) is 5.95 Å². The van der Waals surface area contributed by atoms with Gasteiger partial charge in [0.05, 0.1) is 17.1 Å². The highest BCUT2D eigenvalue weighted by Gasteiger charge is 2.29. The lowest BCUT2D eigenvalue weighted by Gasteiger charge is -2.38. The van der Waals surface area contributed by atoms with E-state index in [1.165, 1.54) is 5.56 Å². The smallest absolute Gasteiger partial charge is 0.225 e. The molecule has 2 aromatic heterocycles. The van der Waals surface area contributed by atoms with Crippen molar-refractivity contribution in [2.24, 2.45) is 0 Å². The number of aromatic nitrogens is 4. The highest BCUT2D eigenvalue weighted by molar-refractivity contribution is 5.75. The fourth-order valence-electron chi connectivity index (χ4n) is 3.91. The van der Waals surface area contributed by atoms with Crippen LogP contribution in [0.3, 0.4) is 0 Å². The lowest BCUT2D eigenvalue weighted by molar-refractivity contribution is 0.206. The number of nitrogens with one attached hydrogen (secondary N) is 1. The van der Waals surface area contributed by atoms with Gasteiger partial charge in [-0.25, -0.2) is 15.0 Å². The summed E-state index contributed by atoms with van der Waals surface area (Å²) in [6.07, 6.45) is 3.60. The quantitative estimate of drug-likeness (QED) is 0.597. The molecule has 2 aromatic carbocycles. The van der Waals surface area contributed by atoms with E-state index in [9.17, 15) is 0 Å². The van der Waals surface area contributed by atoms with Crippen LogP contribution in [0.25, 0.3) is 11.0 Å². The Bertz CT molecular complexity index is 1010. The number of H-pyrrole nitrogens is 1. The standard InChI is InChI=1S/C22H22N6/c1-2-7-17(8-3-1)20(21-25-18-9-4-5-10-19(18)26-21)27-13-15-28(16-14-27)22-23-11-6-12-24-22/h1-12,20H,13-16H2,(H,25,26). The second kappa shape index (κ2) is 7.40. The average molecular weight is 370 g/mol. The normalized spacial score (nSPS) is 16.4. The average Bonchev–Trinajstić information content (AvgIpc) is 3.19. The van der Waals surface area contributed by atoms with E-state index in [-0.39, 0.29) is 6.04 Å². The van der Waals surface area contributed by atoms with E-state index in [0.717, 1.165) is 49.0 Å². The number of anilines is 1. The number of piperazine rings is 1. The van der Waals surface area contributed by atoms with E-state index in [1.54, 1.807) is 12.4 Å². The first-order valence-electron chi connectivity index (χ1n) is 9.64. The summed E-state index contributed by atoms with van der Waals surface area (Å²) in [6, 6.07) is 20.8. The Labute approximate surface area is 163 Å². The SMILES string of the molecule is c1ccc(C(c2nc3ccccc3[nH]2)N2CCN(c3ncccn3)CC2)cc1. The predicted octanol–water partition coefficient (Wildman–Crippen LogP) is 3.26. The molecule has 0 radical (unpaired) electrons. The van der Waals surface area contributed by atoms with Crippen LogP contribution in [0.2, 0.25) is 0 Å². The summed E-state index contributed by atoms with van der Waals surface area (Å²) >= 11 is 0. The number of nitrogens with zero attached hydrogens (tertiary/aromatic N) is 5. The van der Waals surface area contributed by atoms with E-state index in [0.29, 0.717) is 0 Å². The minimum Gasteiger partial charge on any atom is -0.340 e. The zero-order chi connectivity index (χ0) is 18.8. The van der Waals surface area contributed by atoms with Crippen LogP contribution in [0, 0.1) is 0 Å². The highest BCUT2D eigenvalue weighted by Crippen LogP contribution is 2.29. The Hall–Kier alpha value is -3.25. The van der Waals surface area contributed by atoms with Gasteiger partial charge in [-0.15, -0.1) is 0 Å². The molecule has 1 N–H and O–H groups in total. The predicted molar refractivity (Wildman–Crippen MR) is 110 cm³/mol. The van der Waals surface area contributed by atoms with Crippen LogP contribution in [-0.2, 0) is 0 Å². The van der Waals surface area contributed by atoms with Crippen molar-refractivity contribution in [1.29, 1.82) is 0 Å². The van der Waals surface area contributed by atoms with Gasteiger partial charge in [0.15, 0.2) is 0 Å². The summed E-state index contributed by atoms with van der Waals surface area (Å²) in [6.45, 7) is 3.64. The molecule has 0 saturated carbocycles. The molecular formula is C22H22N6. The second-order valence-corrected chi connectivity index (χ2v) is 7.02. The Balaban J connectivity index is 1.44. The molecule has 1 atom stereocenters. The van der Waals surface area contributed by atoms with Crippen molar-refractivity contribution in [3.8, 4) is 0 Å². The Morgan fingerprint density at radius 1 is 0.786 bits per heavy atom. The van der Waals surface area contributed by atoms with Gasteiger partial charge in [-0.05, 0) is 23.8 Å². The van der Waals surface area contributed by atoms with Crippen molar-refractivity contribution < 1.29 is 0 Å². The van der Waals surface area contributed by atoms with E-state index in [2.05, 4.69) is 67.2 Å². The second-order valence-electron chi connectivity index (χ2n) is 7.02. The first-order chi connectivity index (χ1) is 13.9. The van der Waals surface area contributed by atoms with Gasteiger partial charge in [0.2, 0.25) is 5.95 Å². The Morgan fingerprint density at radius 2 is 1.50 bits per heavy atom. The summed E-state index contributed by atoms with van der Waals surface area (Å²) < 4.78 is 0. The van der Waals surface area contributed by atoms with Gasteiger partial charge in [-0.2, -0.15) is 0 Å². The summed E-state index contributed by atoms with van der Waals surface area (Å²) in [5.74, 6) is 1.80. The fourth-order valence-corrected chi connectivity index (χ4v) is 3.91. The minimum atomic E-state index is 0.104. The first-order valence-corrected chi connectivity index (χ1v) is 9.64. The van der Waals surface area contributed by atoms with Crippen LogP contribution in [0.15, 0.2) is 73.1 Å². The molecule has 1 aliphatic rings. The van der Waals surface area contributed by atoms with Gasteiger partial charge in [0.25, 0.3) is 0 Å². The van der Waals surface area contributed by atoms with Crippen molar-refractivity contribution in [3.05, 3.63) is 84.4 Å². The zero-order valence-electron chi connectivity index (χ0n) is 15.6. The van der Waals surface area contributed by atoms with Gasteiger partial charge in [0.1, 0.15) is 5.82 Å². The minimum absolute atomic E-state index is 0.104. The largest absolute Gasteiger partial charge is 0.340 e. The monoisotopic (exact) mass is 370 g/mol. The van der Waals surface area contributed by atoms with Crippen molar-refractivity contribution in [1.82, 2.24) is 24.8 Å². The van der Waals surface area contributed by atoms with Crippen LogP contribution >= 0.6 is 0 Å². The maximum Gasteiger partial charge on any atom is 0.225 e. The topological polar surface area (TPSA) is 60.9 Å². The van der Waals surface area contributed by atoms with Crippen LogP contribution in [0.1, 0.15) is 17.4 Å². The van der Waals surface area contributed by atoms with E-state index < -0.39 is 0 Å². The molecule has 6 heteroatoms. The lowest BCUT2D eigenvalue weighted by Crippen LogP contribution is -2.48. The van der Waals surface area contributed by atoms with E-state index >= 15 is 0 Å². The molecule has 1 saturated heterocycles. The maximum atomic E-state index is 4.91. The van der Waals surface area contributed by atoms with Gasteiger partial charge in [-0.1, -0.05) is 42.5 Å². The summed E-state index contributed by atoms with van der Waals surface area (Å²) in [7, 11) is 0. The molecule has 0 spiro atoms. The molecule has 140 valence electrons. The Morgan fingerprint density at radius 3 is 2.25 bits per heavy atom. The number of hydrogen-bond donors (Lipinski definition) is 1. The zero-order valence-corrected chi connectivity index (χ0v) is 15.6. The van der Waals surface area contributed by atoms with Crippen LogP contribution in [0.5, 0.6) is 0 Å². The van der Waals surface area contributed by atoms with Crippen LogP contribution < -0.4 is 4.90 Å². The molecule has 1 fully saturated rings. The van der Waals surface area contributed by atoms with Crippen molar-refractivity contribution in [2.45, 2.75) is 6.04 Å². The molecule has 0 aliphatic carbocycles. The molecule has 1 aliphatic heterocycles. The van der Waals surface area contributed by atoms with Crippen molar-refractivity contribution >= 4 is 17.0 Å². The number of fused-ring (bicyclic) bond motifs is 1. The molecular weight excluding hydrogens is 348 g/mol. The third kappa shape index (κ3) is 3.23. The van der Waals surface area contributed by atoms with Crippen molar-refractivity contribution in [3.63, 3.8) is 0 Å². The molecule has 5 rings (SSSR count). The van der Waals surface area contributed by atoms with Crippen molar-refractivity contribution in [2.75, 3.05) is 31.1 Å². The maximum absolute atomic E-state index is 4.91. The number of para-hydroxylation sites is 2. The summed E-state index contributed by atoms with van der Waals surface area (Å²) in [4.78, 5) is 22.0. The number of imidazole rings is 1. The third-order valence-electron chi connectivity index (χ3n) is 5.30. The molecule has 28 heavy (non-hydrogen) atoms. The van der Waals surface area contributed by atoms with Gasteiger partial charge in [0, 0.05) is 38.6 Å². The van der Waals surface area contributed by atoms with Crippen LogP contribution in [-0.4, -0.2) is 51.0 Å². The molecule has 0 bridgehead atoms. The highest BCUT2D eigenvalue weighted by atomic mass is 15.3. The van der Waals surface area contributed by atoms with E-state index in [4.69, 9.17) is 4.98 Å². The third-order valence-corrected chi connectivity index (χ3v) is 5.30. The number of hydrogen-bond acceptors (Lipinski definition) is 5. The molecule has 1 unspecified atom stereocenters. The molecule has 6 nitrogen and oxygen atoms in total. The number of rotatable bonds is 4. The number of aromatic amines is 1. The van der Waals surface area contributed by atoms with E-state index in [1.807, 2.05) is 18.2 Å². The molecule has 0 amide bonds. The van der Waals surface area contributed by atoms with Gasteiger partial charge < -0.3 is 9.88 Å². The van der Waals surface area contributed by atoms with Gasteiger partial charge in [-0.3, -0.25) is 4.90 Å². The number of benzene rings is 2. The Kier molecular flexibility index (Phi) is 4.47.